The maximum Gasteiger partial charge on any atom is 0.256 e. The molecule has 0 atom stereocenters. The van der Waals surface area contributed by atoms with Crippen LogP contribution in [0.15, 0.2) is 309 Å². The minimum Gasteiger partial charge on any atom is -0.378 e. The lowest BCUT2D eigenvalue weighted by Crippen LogP contribution is -2.40. The molecule has 19 heteroatoms. The van der Waals surface area contributed by atoms with E-state index in [0.717, 1.165) is 76.9 Å². The van der Waals surface area contributed by atoms with Crippen LogP contribution >= 0.6 is 0 Å². The second-order valence-electron chi connectivity index (χ2n) is 28.8. The number of hydrogen-bond donors (Lipinski definition) is 6. The minimum atomic E-state index is -0.280. The van der Waals surface area contributed by atoms with Crippen molar-refractivity contribution in [2.75, 3.05) is 68.4 Å². The Kier molecular flexibility index (Phi) is 30.4. The number of nitrogens with one attached hydrogen (secondary N) is 6. The first-order valence-corrected chi connectivity index (χ1v) is 40.3. The molecule has 2 aliphatic rings. The Morgan fingerprint density at radius 1 is 0.286 bits per heavy atom. The highest BCUT2D eigenvalue weighted by atomic mass is 16.5. The molecule has 602 valence electrons. The predicted molar refractivity (Wildman–Crippen MR) is 469 cm³/mol. The first-order chi connectivity index (χ1) is 58.2. The fraction of sp³-hybridized carbons (Fsp3) is 0.190. The summed E-state index contributed by atoms with van der Waals surface area (Å²) in [5, 5.41) is 17.7. The molecule has 0 spiro atoms. The summed E-state index contributed by atoms with van der Waals surface area (Å²) in [4.78, 5) is 123. The molecular formula is C100H97N9O10. The molecule has 0 aliphatic carbocycles. The van der Waals surface area contributed by atoms with Gasteiger partial charge in [-0.3, -0.25) is 43.2 Å². The van der Waals surface area contributed by atoms with E-state index >= 15 is 0 Å². The third kappa shape index (κ3) is 23.8. The quantitative estimate of drug-likeness (QED) is 0.0299. The normalized spacial score (nSPS) is 12.2. The number of nitrogens with zero attached hydrogens (tertiary/aromatic N) is 3. The minimum absolute atomic E-state index is 0.00825. The van der Waals surface area contributed by atoms with Crippen LogP contribution in [-0.2, 0) is 58.0 Å². The maximum atomic E-state index is 13.4. The average Bonchev–Trinajstić information content (AvgIpc) is 0.870. The van der Waals surface area contributed by atoms with E-state index < -0.39 is 0 Å². The van der Waals surface area contributed by atoms with Gasteiger partial charge in [0, 0.05) is 109 Å². The van der Waals surface area contributed by atoms with E-state index in [1.807, 2.05) is 261 Å². The summed E-state index contributed by atoms with van der Waals surface area (Å²) in [6.07, 6.45) is 3.94. The van der Waals surface area contributed by atoms with Gasteiger partial charge in [-0.05, 0) is 173 Å². The van der Waals surface area contributed by atoms with Crippen molar-refractivity contribution in [1.82, 2.24) is 30.7 Å². The largest absolute Gasteiger partial charge is 0.378 e. The number of carbonyl (C=O) groups excluding carboxylic acids is 9. The van der Waals surface area contributed by atoms with Crippen LogP contribution in [0.5, 0.6) is 0 Å². The van der Waals surface area contributed by atoms with Crippen molar-refractivity contribution in [2.24, 2.45) is 0 Å². The molecular weight excluding hydrogens is 1490 g/mol. The van der Waals surface area contributed by atoms with Gasteiger partial charge in [-0.2, -0.15) is 0 Å². The molecule has 0 unspecified atom stereocenters. The molecule has 2 heterocycles. The van der Waals surface area contributed by atoms with Gasteiger partial charge in [0.05, 0.1) is 32.5 Å². The molecule has 0 saturated carbocycles. The Labute approximate surface area is 694 Å². The SMILES string of the molecule is CCN(CC)C(=O)c1ccccc1-c1ccccc1C(=O)Nc1ccc(CC(=O)NCc2ccccc2)cc1.O=C(Cc1ccc(NC(=O)c2ccccc2-c2ccccc2C(=O)N2CCCCC2)cc1)NCc1ccccc1.O=C(Cc1ccc(NC(=O)c2ccccc2-c2ccccc2C(=O)N2CCOCC2)cc1)NCc1ccccc1. The molecule has 6 N–H and O–H groups in total. The van der Waals surface area contributed by atoms with Crippen LogP contribution in [0.25, 0.3) is 33.4 Å². The van der Waals surface area contributed by atoms with Gasteiger partial charge in [-0.25, -0.2) is 0 Å². The van der Waals surface area contributed by atoms with Crippen LogP contribution in [0, 0.1) is 0 Å². The predicted octanol–water partition coefficient (Wildman–Crippen LogP) is 17.0. The number of anilines is 3. The van der Waals surface area contributed by atoms with Gasteiger partial charge in [0.2, 0.25) is 17.7 Å². The highest BCUT2D eigenvalue weighted by Gasteiger charge is 2.27. The van der Waals surface area contributed by atoms with E-state index in [1.54, 1.807) is 76.5 Å². The van der Waals surface area contributed by atoms with Crippen molar-refractivity contribution in [3.8, 4) is 33.4 Å². The summed E-state index contributed by atoms with van der Waals surface area (Å²) >= 11 is 0. The smallest absolute Gasteiger partial charge is 0.256 e. The first-order valence-electron chi connectivity index (χ1n) is 40.3. The summed E-state index contributed by atoms with van der Waals surface area (Å²) < 4.78 is 5.39. The van der Waals surface area contributed by atoms with E-state index in [-0.39, 0.29) is 72.4 Å². The van der Waals surface area contributed by atoms with E-state index in [9.17, 15) is 43.2 Å². The fourth-order valence-corrected chi connectivity index (χ4v) is 14.2. The van der Waals surface area contributed by atoms with E-state index in [2.05, 4.69) is 31.9 Å². The van der Waals surface area contributed by atoms with Crippen molar-refractivity contribution in [2.45, 2.75) is 72.0 Å². The van der Waals surface area contributed by atoms with E-state index in [1.165, 1.54) is 0 Å². The number of rotatable bonds is 26. The zero-order valence-electron chi connectivity index (χ0n) is 66.9. The van der Waals surface area contributed by atoms with Crippen LogP contribution in [-0.4, -0.2) is 120 Å². The lowest BCUT2D eigenvalue weighted by molar-refractivity contribution is -0.121. The molecule has 2 saturated heterocycles. The van der Waals surface area contributed by atoms with Gasteiger partial charge in [-0.1, -0.05) is 237 Å². The second-order valence-corrected chi connectivity index (χ2v) is 28.8. The first kappa shape index (κ1) is 84.2. The molecule has 119 heavy (non-hydrogen) atoms. The highest BCUT2D eigenvalue weighted by molar-refractivity contribution is 6.13. The number of carbonyl (C=O) groups is 9. The fourth-order valence-electron chi connectivity index (χ4n) is 14.2. The van der Waals surface area contributed by atoms with Crippen LogP contribution in [0.2, 0.25) is 0 Å². The Morgan fingerprint density at radius 2 is 0.546 bits per heavy atom. The third-order valence-corrected chi connectivity index (χ3v) is 20.6. The summed E-state index contributed by atoms with van der Waals surface area (Å²) in [5.41, 5.74) is 15.0. The summed E-state index contributed by atoms with van der Waals surface area (Å²) in [7, 11) is 0. The zero-order valence-corrected chi connectivity index (χ0v) is 66.9. The lowest BCUT2D eigenvalue weighted by atomic mass is 9.94. The van der Waals surface area contributed by atoms with E-state index in [4.69, 9.17) is 4.74 Å². The highest BCUT2D eigenvalue weighted by Crippen LogP contribution is 2.34. The molecule has 0 radical (unpaired) electrons. The van der Waals surface area contributed by atoms with Crippen molar-refractivity contribution in [3.05, 3.63) is 376 Å². The monoisotopic (exact) mass is 1580 g/mol. The van der Waals surface area contributed by atoms with Crippen molar-refractivity contribution in [3.63, 3.8) is 0 Å². The molecule has 19 nitrogen and oxygen atoms in total. The van der Waals surface area contributed by atoms with Gasteiger partial charge >= 0.3 is 0 Å². The number of hydrogen-bond acceptors (Lipinski definition) is 10. The zero-order chi connectivity index (χ0) is 83.1. The number of amides is 9. The molecule has 2 aliphatic heterocycles. The van der Waals surface area contributed by atoms with Crippen LogP contribution in [0.3, 0.4) is 0 Å². The number of piperidine rings is 1. The van der Waals surface area contributed by atoms with Gasteiger partial charge in [0.25, 0.3) is 35.4 Å². The van der Waals surface area contributed by atoms with E-state index in [0.29, 0.717) is 132 Å². The Morgan fingerprint density at radius 3 is 0.857 bits per heavy atom. The molecule has 2 fully saturated rings. The number of likely N-dealkylation sites (tertiary alicyclic amines) is 1. The lowest BCUT2D eigenvalue weighted by Gasteiger charge is -2.27. The number of benzene rings is 12. The van der Waals surface area contributed by atoms with Gasteiger partial charge in [0.1, 0.15) is 0 Å². The molecule has 0 aromatic heterocycles. The molecule has 9 amide bonds. The summed E-state index contributed by atoms with van der Waals surface area (Å²) in [6.45, 7) is 10.2. The average molecular weight is 1580 g/mol. The van der Waals surface area contributed by atoms with Crippen molar-refractivity contribution < 1.29 is 47.9 Å². The Hall–Kier alpha value is -14.2. The standard InChI is InChI=1S/C34H33N3O3.C33H31N3O4.C33H33N3O3/c38-32(35-24-26-11-3-1-4-12-26)23-25-17-19-27(20-18-25)36-33(39)30-15-7-5-13-28(30)29-14-6-8-16-31(29)34(40)37-21-9-2-10-22-37;37-31(34-23-25-8-2-1-3-9-25)22-24-14-16-26(17-15-24)35-32(38)29-12-6-4-10-27(29)28-11-5-7-13-30(28)33(39)36-18-20-40-21-19-36;1-3-36(4-2)33(39)30-17-11-9-15-28(30)27-14-8-10-16-29(27)32(38)35-26-20-18-24(19-21-26)22-31(37)34-23-25-12-6-5-7-13-25/h1,3-8,11-20H,2,9-10,21-24H2,(H,35,38)(H,36,39);1-17H,18-23H2,(H,34,37)(H,35,38);5-21H,3-4,22-23H2,1-2H3,(H,34,37)(H,35,38). The van der Waals surface area contributed by atoms with Crippen molar-refractivity contribution in [1.29, 1.82) is 0 Å². The van der Waals surface area contributed by atoms with Gasteiger partial charge in [-0.15, -0.1) is 0 Å². The second kappa shape index (κ2) is 43.0. The van der Waals surface area contributed by atoms with Crippen LogP contribution in [0.4, 0.5) is 17.1 Å². The Bertz CT molecular complexity index is 5230. The summed E-state index contributed by atoms with van der Waals surface area (Å²) in [5.74, 6) is -1.14. The van der Waals surface area contributed by atoms with Crippen molar-refractivity contribution >= 4 is 70.2 Å². The van der Waals surface area contributed by atoms with Crippen LogP contribution in [0.1, 0.15) is 129 Å². The maximum absolute atomic E-state index is 13.4. The number of ether oxygens (including phenoxy) is 1. The Balaban J connectivity index is 0.000000164. The molecule has 14 rings (SSSR count). The van der Waals surface area contributed by atoms with Gasteiger partial charge < -0.3 is 51.3 Å². The third-order valence-electron chi connectivity index (χ3n) is 20.6. The van der Waals surface area contributed by atoms with Gasteiger partial charge in [0.15, 0.2) is 0 Å². The number of morpholine rings is 1. The molecule has 12 aromatic rings. The topological polar surface area (TPSA) is 245 Å². The molecule has 0 bridgehead atoms. The molecule has 12 aromatic carbocycles. The summed E-state index contributed by atoms with van der Waals surface area (Å²) in [6, 6.07) is 95.3. The van der Waals surface area contributed by atoms with Crippen LogP contribution < -0.4 is 31.9 Å².